The van der Waals surface area contributed by atoms with Crippen LogP contribution in [0.3, 0.4) is 0 Å². The maximum absolute atomic E-state index is 12.5. The van der Waals surface area contributed by atoms with E-state index >= 15 is 0 Å². The van der Waals surface area contributed by atoms with Crippen molar-refractivity contribution in [3.8, 4) is 11.6 Å². The van der Waals surface area contributed by atoms with Crippen LogP contribution in [0.4, 0.5) is 19.0 Å². The van der Waals surface area contributed by atoms with Gasteiger partial charge in [0.15, 0.2) is 0 Å². The third-order valence-corrected chi connectivity index (χ3v) is 2.43. The summed E-state index contributed by atoms with van der Waals surface area (Å²) in [7, 11) is 0. The molecule has 0 saturated carbocycles. The highest BCUT2D eigenvalue weighted by atomic mass is 35.5. The van der Waals surface area contributed by atoms with Crippen molar-refractivity contribution in [1.82, 2.24) is 9.97 Å². The average molecular weight is 290 g/mol. The Bertz CT molecular complexity index is 587. The predicted molar refractivity (Wildman–Crippen MR) is 63.0 cm³/mol. The SMILES string of the molecule is Nc1cnc(Oc2cc(C(F)(F)F)ccc2Cl)cn1. The lowest BCUT2D eigenvalue weighted by molar-refractivity contribution is -0.137. The van der Waals surface area contributed by atoms with Gasteiger partial charge in [-0.25, -0.2) is 9.97 Å². The molecule has 2 aromatic rings. The quantitative estimate of drug-likeness (QED) is 0.919. The van der Waals surface area contributed by atoms with Crippen molar-refractivity contribution in [2.75, 3.05) is 5.73 Å². The Morgan fingerprint density at radius 1 is 1.16 bits per heavy atom. The monoisotopic (exact) mass is 289 g/mol. The minimum Gasteiger partial charge on any atom is -0.436 e. The molecule has 0 unspecified atom stereocenters. The number of hydrogen-bond acceptors (Lipinski definition) is 4. The summed E-state index contributed by atoms with van der Waals surface area (Å²) in [5.74, 6) is 0.00785. The molecule has 0 radical (unpaired) electrons. The lowest BCUT2D eigenvalue weighted by atomic mass is 10.2. The van der Waals surface area contributed by atoms with Crippen molar-refractivity contribution in [3.05, 3.63) is 41.2 Å². The smallest absolute Gasteiger partial charge is 0.416 e. The molecule has 0 bridgehead atoms. The molecule has 2 N–H and O–H groups in total. The number of alkyl halides is 3. The molecule has 100 valence electrons. The number of nitrogens with two attached hydrogens (primary N) is 1. The maximum Gasteiger partial charge on any atom is 0.416 e. The molecule has 0 aliphatic carbocycles. The third-order valence-electron chi connectivity index (χ3n) is 2.12. The van der Waals surface area contributed by atoms with Gasteiger partial charge in [0.25, 0.3) is 0 Å². The van der Waals surface area contributed by atoms with Gasteiger partial charge in [0.2, 0.25) is 5.88 Å². The Morgan fingerprint density at radius 2 is 1.89 bits per heavy atom. The van der Waals surface area contributed by atoms with E-state index in [0.29, 0.717) is 0 Å². The van der Waals surface area contributed by atoms with Crippen molar-refractivity contribution >= 4 is 17.4 Å². The zero-order chi connectivity index (χ0) is 14.0. The molecule has 0 spiro atoms. The molecular formula is C11H7ClF3N3O. The summed E-state index contributed by atoms with van der Waals surface area (Å²) >= 11 is 5.76. The van der Waals surface area contributed by atoms with Crippen molar-refractivity contribution in [3.63, 3.8) is 0 Å². The largest absolute Gasteiger partial charge is 0.436 e. The van der Waals surface area contributed by atoms with Crippen LogP contribution in [-0.2, 0) is 6.18 Å². The van der Waals surface area contributed by atoms with Gasteiger partial charge in [-0.2, -0.15) is 13.2 Å². The van der Waals surface area contributed by atoms with E-state index in [2.05, 4.69) is 9.97 Å². The van der Waals surface area contributed by atoms with Gasteiger partial charge in [-0.3, -0.25) is 0 Å². The van der Waals surface area contributed by atoms with E-state index in [1.54, 1.807) is 0 Å². The lowest BCUT2D eigenvalue weighted by Crippen LogP contribution is -2.05. The topological polar surface area (TPSA) is 61.0 Å². The summed E-state index contributed by atoms with van der Waals surface area (Å²) in [4.78, 5) is 7.46. The summed E-state index contributed by atoms with van der Waals surface area (Å²) in [6, 6.07) is 2.76. The number of rotatable bonds is 2. The fourth-order valence-electron chi connectivity index (χ4n) is 1.25. The highest BCUT2D eigenvalue weighted by Crippen LogP contribution is 2.36. The second kappa shape index (κ2) is 4.93. The molecule has 8 heteroatoms. The summed E-state index contributed by atoms with van der Waals surface area (Å²) in [5.41, 5.74) is 4.46. The molecule has 1 aromatic heterocycles. The minimum atomic E-state index is -4.48. The predicted octanol–water partition coefficient (Wildman–Crippen LogP) is 3.52. The van der Waals surface area contributed by atoms with Gasteiger partial charge in [-0.15, -0.1) is 0 Å². The first kappa shape index (κ1) is 13.4. The van der Waals surface area contributed by atoms with Gasteiger partial charge in [0.1, 0.15) is 11.6 Å². The Hall–Kier alpha value is -2.02. The van der Waals surface area contributed by atoms with Crippen LogP contribution >= 0.6 is 11.6 Å². The zero-order valence-electron chi connectivity index (χ0n) is 9.28. The van der Waals surface area contributed by atoms with E-state index < -0.39 is 11.7 Å². The molecule has 0 fully saturated rings. The molecule has 4 nitrogen and oxygen atoms in total. The van der Waals surface area contributed by atoms with E-state index in [4.69, 9.17) is 22.1 Å². The standard InChI is InChI=1S/C11H7ClF3N3O/c12-7-2-1-6(11(13,14)15)3-8(7)19-10-5-17-9(16)4-18-10/h1-5H,(H2,16,17). The van der Waals surface area contributed by atoms with E-state index in [9.17, 15) is 13.2 Å². The number of halogens is 4. The van der Waals surface area contributed by atoms with Crippen LogP contribution in [0.25, 0.3) is 0 Å². The van der Waals surface area contributed by atoms with Crippen LogP contribution in [-0.4, -0.2) is 9.97 Å². The average Bonchev–Trinajstić information content (AvgIpc) is 2.33. The first-order chi connectivity index (χ1) is 8.86. The first-order valence-corrected chi connectivity index (χ1v) is 5.36. The van der Waals surface area contributed by atoms with Crippen LogP contribution in [0.5, 0.6) is 11.6 Å². The van der Waals surface area contributed by atoms with Crippen LogP contribution in [0.2, 0.25) is 5.02 Å². The van der Waals surface area contributed by atoms with E-state index in [0.717, 1.165) is 18.2 Å². The maximum atomic E-state index is 12.5. The van der Waals surface area contributed by atoms with E-state index in [-0.39, 0.29) is 22.5 Å². The molecule has 0 amide bonds. The molecule has 19 heavy (non-hydrogen) atoms. The lowest BCUT2D eigenvalue weighted by Gasteiger charge is -2.10. The Balaban J connectivity index is 2.31. The Kier molecular flexibility index (Phi) is 3.48. The molecule has 2 rings (SSSR count). The molecule has 0 atom stereocenters. The van der Waals surface area contributed by atoms with Crippen molar-refractivity contribution in [2.45, 2.75) is 6.18 Å². The molecule has 0 aliphatic rings. The van der Waals surface area contributed by atoms with Gasteiger partial charge in [0, 0.05) is 0 Å². The highest BCUT2D eigenvalue weighted by molar-refractivity contribution is 6.32. The summed E-state index contributed by atoms with van der Waals surface area (Å²) in [6.07, 6.45) is -2.07. The van der Waals surface area contributed by atoms with Gasteiger partial charge >= 0.3 is 6.18 Å². The number of ether oxygens (including phenoxy) is 1. The van der Waals surface area contributed by atoms with Crippen LogP contribution in [0.15, 0.2) is 30.6 Å². The second-order valence-corrected chi connectivity index (χ2v) is 3.93. The minimum absolute atomic E-state index is 0.00424. The van der Waals surface area contributed by atoms with E-state index in [1.807, 2.05) is 0 Å². The van der Waals surface area contributed by atoms with Crippen LogP contribution in [0.1, 0.15) is 5.56 Å². The van der Waals surface area contributed by atoms with Crippen LogP contribution < -0.4 is 10.5 Å². The van der Waals surface area contributed by atoms with Crippen LogP contribution in [0, 0.1) is 0 Å². The normalized spacial score (nSPS) is 11.4. The molecule has 0 aliphatic heterocycles. The number of benzene rings is 1. The number of nitrogens with zero attached hydrogens (tertiary/aromatic N) is 2. The molecule has 0 saturated heterocycles. The number of nitrogen functional groups attached to an aromatic ring is 1. The first-order valence-electron chi connectivity index (χ1n) is 4.98. The van der Waals surface area contributed by atoms with Gasteiger partial charge in [0.05, 0.1) is 23.0 Å². The van der Waals surface area contributed by atoms with Crippen molar-refractivity contribution < 1.29 is 17.9 Å². The summed E-state index contributed by atoms with van der Waals surface area (Å²) in [6.45, 7) is 0. The number of anilines is 1. The Labute approximate surface area is 111 Å². The highest BCUT2D eigenvalue weighted by Gasteiger charge is 2.31. The summed E-state index contributed by atoms with van der Waals surface area (Å²) < 4.78 is 42.8. The zero-order valence-corrected chi connectivity index (χ0v) is 10.0. The Morgan fingerprint density at radius 3 is 2.47 bits per heavy atom. The second-order valence-electron chi connectivity index (χ2n) is 3.52. The third kappa shape index (κ3) is 3.25. The van der Waals surface area contributed by atoms with Crippen molar-refractivity contribution in [1.29, 1.82) is 0 Å². The number of aromatic nitrogens is 2. The fourth-order valence-corrected chi connectivity index (χ4v) is 1.41. The van der Waals surface area contributed by atoms with E-state index in [1.165, 1.54) is 12.4 Å². The molecule has 1 heterocycles. The molecular weight excluding hydrogens is 283 g/mol. The van der Waals surface area contributed by atoms with Gasteiger partial charge in [-0.1, -0.05) is 11.6 Å². The van der Waals surface area contributed by atoms with Gasteiger partial charge in [-0.05, 0) is 18.2 Å². The van der Waals surface area contributed by atoms with Crippen molar-refractivity contribution in [2.24, 2.45) is 0 Å². The number of hydrogen-bond donors (Lipinski definition) is 1. The summed E-state index contributed by atoms with van der Waals surface area (Å²) in [5, 5.41) is 0.0339. The molecule has 1 aromatic carbocycles. The van der Waals surface area contributed by atoms with Gasteiger partial charge < -0.3 is 10.5 Å². The fraction of sp³-hybridized carbons (Fsp3) is 0.0909.